The van der Waals surface area contributed by atoms with E-state index in [-0.39, 0.29) is 22.0 Å². The Kier molecular flexibility index (Phi) is 6.71. The lowest BCUT2D eigenvalue weighted by Crippen LogP contribution is -2.37. The molecule has 0 N–H and O–H groups in total. The number of fused-ring (bicyclic) bond motifs is 1. The van der Waals surface area contributed by atoms with Crippen molar-refractivity contribution < 1.29 is 32.0 Å². The minimum atomic E-state index is -4.09. The molecule has 0 spiro atoms. The minimum absolute atomic E-state index is 0.00994. The van der Waals surface area contributed by atoms with E-state index in [0.29, 0.717) is 11.3 Å². The highest BCUT2D eigenvalue weighted by atomic mass is 32.2. The lowest BCUT2D eigenvalue weighted by atomic mass is 9.90. The van der Waals surface area contributed by atoms with Gasteiger partial charge in [-0.2, -0.15) is 8.42 Å². The van der Waals surface area contributed by atoms with Gasteiger partial charge in [-0.05, 0) is 60.5 Å². The number of nitro groups is 1. The van der Waals surface area contributed by atoms with Gasteiger partial charge in [-0.1, -0.05) is 48.5 Å². The van der Waals surface area contributed by atoms with Crippen LogP contribution in [-0.4, -0.2) is 31.3 Å². The topological polar surface area (TPSA) is 136 Å². The molecule has 12 heteroatoms. The highest BCUT2D eigenvalue weighted by molar-refractivity contribution is 7.87. The molecule has 0 aliphatic carbocycles. The Bertz CT molecular complexity index is 1810. The lowest BCUT2D eigenvalue weighted by molar-refractivity contribution is -0.384. The highest BCUT2D eigenvalue weighted by Gasteiger charge is 2.60. The van der Waals surface area contributed by atoms with E-state index in [9.17, 15) is 28.1 Å². The molecule has 11 nitrogen and oxygen atoms in total. The lowest BCUT2D eigenvalue weighted by Gasteiger charge is -2.28. The largest absolute Gasteiger partial charge is 0.379 e. The fraction of sp³-hybridized carbons (Fsp3) is 0.133. The molecule has 3 atom stereocenters. The molecule has 2 heterocycles. The van der Waals surface area contributed by atoms with Crippen LogP contribution in [0.25, 0.3) is 0 Å². The van der Waals surface area contributed by atoms with Gasteiger partial charge in [0, 0.05) is 12.1 Å². The molecule has 4 aromatic rings. The predicted octanol–water partition coefficient (Wildman–Crippen LogP) is 4.72. The van der Waals surface area contributed by atoms with Gasteiger partial charge in [-0.3, -0.25) is 24.5 Å². The second-order valence-corrected chi connectivity index (χ2v) is 11.4. The minimum Gasteiger partial charge on any atom is -0.379 e. The van der Waals surface area contributed by atoms with Crippen molar-refractivity contribution in [3.05, 3.63) is 124 Å². The van der Waals surface area contributed by atoms with E-state index in [1.807, 2.05) is 13.0 Å². The van der Waals surface area contributed by atoms with Gasteiger partial charge in [0.15, 0.2) is 6.10 Å². The van der Waals surface area contributed by atoms with Crippen molar-refractivity contribution in [3.8, 4) is 5.75 Å². The monoisotopic (exact) mass is 585 g/mol. The number of benzene rings is 4. The molecule has 6 rings (SSSR count). The van der Waals surface area contributed by atoms with E-state index in [2.05, 4.69) is 0 Å². The number of rotatable bonds is 7. The molecular formula is C30H23N3O8S. The number of nitrogens with zero attached hydrogens (tertiary/aromatic N) is 3. The van der Waals surface area contributed by atoms with E-state index < -0.39 is 44.9 Å². The molecule has 4 aromatic carbocycles. The van der Waals surface area contributed by atoms with Crippen LogP contribution in [0.1, 0.15) is 17.2 Å². The molecule has 2 aliphatic heterocycles. The van der Waals surface area contributed by atoms with Gasteiger partial charge in [0.05, 0.1) is 22.3 Å². The molecule has 0 radical (unpaired) electrons. The van der Waals surface area contributed by atoms with Crippen LogP contribution in [0.5, 0.6) is 5.75 Å². The zero-order valence-electron chi connectivity index (χ0n) is 22.1. The third-order valence-corrected chi connectivity index (χ3v) is 8.39. The number of imide groups is 1. The fourth-order valence-corrected chi connectivity index (χ4v) is 6.18. The molecule has 0 saturated carbocycles. The average molecular weight is 586 g/mol. The summed E-state index contributed by atoms with van der Waals surface area (Å²) in [5.41, 5.74) is 1.87. The van der Waals surface area contributed by atoms with Crippen LogP contribution in [0.2, 0.25) is 0 Å². The number of hydroxylamine groups is 1. The molecule has 2 aliphatic rings. The number of carbonyl (C=O) groups excluding carboxylic acids is 2. The molecule has 42 heavy (non-hydrogen) atoms. The molecule has 2 saturated heterocycles. The number of non-ortho nitro benzene ring substituents is 1. The second-order valence-electron chi connectivity index (χ2n) is 9.87. The predicted molar refractivity (Wildman–Crippen MR) is 151 cm³/mol. The molecule has 212 valence electrons. The summed E-state index contributed by atoms with van der Waals surface area (Å²) < 4.78 is 30.7. The van der Waals surface area contributed by atoms with Gasteiger partial charge >= 0.3 is 10.1 Å². The smallest absolute Gasteiger partial charge is 0.339 e. The number of aryl methyl sites for hydroxylation is 1. The summed E-state index contributed by atoms with van der Waals surface area (Å²) in [7, 11) is -4.09. The Balaban J connectivity index is 1.38. The maximum atomic E-state index is 13.8. The zero-order valence-corrected chi connectivity index (χ0v) is 22.9. The molecule has 2 amide bonds. The van der Waals surface area contributed by atoms with Crippen molar-refractivity contribution in [1.82, 2.24) is 0 Å². The van der Waals surface area contributed by atoms with Gasteiger partial charge in [0.1, 0.15) is 16.6 Å². The molecule has 2 fully saturated rings. The standard InChI is InChI=1S/C30H23N3O8S/c1-19-7-5-8-21(17-19)31-29(34)26-27(32(40-28(26)30(31)35)22-9-6-10-23(18-22)33(36)37)20-13-15-24(16-14-20)41-42(38,39)25-11-3-2-4-12-25/h2-18,26-28H,1H3/t26-,27-,28+/m1/s1. The summed E-state index contributed by atoms with van der Waals surface area (Å²) in [5, 5.41) is 12.8. The van der Waals surface area contributed by atoms with Gasteiger partial charge in [0.25, 0.3) is 11.6 Å². The maximum Gasteiger partial charge on any atom is 0.339 e. The summed E-state index contributed by atoms with van der Waals surface area (Å²) in [5.74, 6) is -1.99. The van der Waals surface area contributed by atoms with Crippen molar-refractivity contribution in [1.29, 1.82) is 0 Å². The quantitative estimate of drug-likeness (QED) is 0.131. The van der Waals surface area contributed by atoms with Gasteiger partial charge in [-0.15, -0.1) is 0 Å². The van der Waals surface area contributed by atoms with E-state index in [0.717, 1.165) is 10.5 Å². The Hall–Kier alpha value is -5.07. The SMILES string of the molecule is Cc1cccc(N2C(=O)[C@H]3[C@H](ON(c4cccc([N+](=O)[O-])c4)[C@@H]3c3ccc(OS(=O)(=O)c4ccccc4)cc3)C2=O)c1. The van der Waals surface area contributed by atoms with E-state index >= 15 is 0 Å². The van der Waals surface area contributed by atoms with Crippen LogP contribution in [0.15, 0.2) is 108 Å². The van der Waals surface area contributed by atoms with Crippen LogP contribution >= 0.6 is 0 Å². The van der Waals surface area contributed by atoms with Crippen molar-refractivity contribution >= 4 is 39.0 Å². The van der Waals surface area contributed by atoms with Crippen molar-refractivity contribution in [3.63, 3.8) is 0 Å². The second kappa shape index (κ2) is 10.4. The van der Waals surface area contributed by atoms with Crippen molar-refractivity contribution in [2.24, 2.45) is 5.92 Å². The maximum absolute atomic E-state index is 13.8. The Morgan fingerprint density at radius 3 is 2.21 bits per heavy atom. The third-order valence-electron chi connectivity index (χ3n) is 7.13. The fourth-order valence-electron chi connectivity index (χ4n) is 5.22. The molecule has 0 unspecified atom stereocenters. The Morgan fingerprint density at radius 1 is 0.833 bits per heavy atom. The number of anilines is 2. The van der Waals surface area contributed by atoms with Crippen LogP contribution < -0.4 is 14.1 Å². The Labute approximate surface area is 240 Å². The van der Waals surface area contributed by atoms with Crippen LogP contribution in [0.4, 0.5) is 17.1 Å². The van der Waals surface area contributed by atoms with Crippen molar-refractivity contribution in [2.75, 3.05) is 9.96 Å². The first-order chi connectivity index (χ1) is 20.1. The van der Waals surface area contributed by atoms with E-state index in [1.54, 1.807) is 54.6 Å². The third kappa shape index (κ3) is 4.76. The Morgan fingerprint density at radius 2 is 1.52 bits per heavy atom. The first-order valence-corrected chi connectivity index (χ1v) is 14.3. The summed E-state index contributed by atoms with van der Waals surface area (Å²) >= 11 is 0. The first kappa shape index (κ1) is 27.1. The van der Waals surface area contributed by atoms with Gasteiger partial charge in [-0.25, -0.2) is 9.96 Å². The number of amides is 2. The average Bonchev–Trinajstić information content (AvgIpc) is 3.49. The molecule has 0 aromatic heterocycles. The normalized spacial score (nSPS) is 20.1. The van der Waals surface area contributed by atoms with Gasteiger partial charge < -0.3 is 4.18 Å². The molecule has 0 bridgehead atoms. The first-order valence-electron chi connectivity index (χ1n) is 12.9. The number of carbonyl (C=O) groups is 2. The summed E-state index contributed by atoms with van der Waals surface area (Å²) in [6, 6.07) is 25.5. The van der Waals surface area contributed by atoms with Crippen LogP contribution in [0.3, 0.4) is 0 Å². The summed E-state index contributed by atoms with van der Waals surface area (Å²) in [4.78, 5) is 45.5. The summed E-state index contributed by atoms with van der Waals surface area (Å²) in [6.45, 7) is 1.85. The zero-order chi connectivity index (χ0) is 29.6. The number of hydrogen-bond acceptors (Lipinski definition) is 9. The van der Waals surface area contributed by atoms with Crippen molar-refractivity contribution in [2.45, 2.75) is 24.0 Å². The summed E-state index contributed by atoms with van der Waals surface area (Å²) in [6.07, 6.45) is -1.18. The van der Waals surface area contributed by atoms with E-state index in [1.165, 1.54) is 47.5 Å². The highest BCUT2D eigenvalue weighted by Crippen LogP contribution is 2.48. The van der Waals surface area contributed by atoms with E-state index in [4.69, 9.17) is 9.02 Å². The van der Waals surface area contributed by atoms with Crippen LogP contribution in [0, 0.1) is 23.0 Å². The number of hydrogen-bond donors (Lipinski definition) is 0. The molecular weight excluding hydrogens is 562 g/mol. The van der Waals surface area contributed by atoms with Gasteiger partial charge in [0.2, 0.25) is 5.91 Å². The van der Waals surface area contributed by atoms with Crippen LogP contribution in [-0.2, 0) is 24.5 Å². The number of nitro benzene ring substituents is 1.